The van der Waals surface area contributed by atoms with Crippen molar-refractivity contribution >= 4 is 11.8 Å². The Morgan fingerprint density at radius 2 is 2.25 bits per heavy atom. The highest BCUT2D eigenvalue weighted by Gasteiger charge is 2.42. The van der Waals surface area contributed by atoms with Gasteiger partial charge in [-0.1, -0.05) is 0 Å². The van der Waals surface area contributed by atoms with Crippen LogP contribution in [-0.2, 0) is 9.47 Å². The van der Waals surface area contributed by atoms with E-state index in [2.05, 4.69) is 17.1 Å². The van der Waals surface area contributed by atoms with Crippen LogP contribution in [0.1, 0.15) is 25.7 Å². The SMILES string of the molecule is COCCCC1NCCOC12CCSCC2. The maximum Gasteiger partial charge on any atom is 0.0851 e. The smallest absolute Gasteiger partial charge is 0.0851 e. The molecule has 2 saturated heterocycles. The van der Waals surface area contributed by atoms with Crippen molar-refractivity contribution in [1.29, 1.82) is 0 Å². The number of morpholine rings is 1. The van der Waals surface area contributed by atoms with Gasteiger partial charge in [0.25, 0.3) is 0 Å². The molecule has 1 spiro atoms. The van der Waals surface area contributed by atoms with E-state index >= 15 is 0 Å². The standard InChI is InChI=1S/C12H23NO2S/c1-14-7-2-3-11-12(15-8-6-13-11)4-9-16-10-5-12/h11,13H,2-10H2,1H3. The van der Waals surface area contributed by atoms with Gasteiger partial charge in [-0.3, -0.25) is 0 Å². The predicted octanol–water partition coefficient (Wildman–Crippen LogP) is 1.67. The Morgan fingerprint density at radius 3 is 3.00 bits per heavy atom. The summed E-state index contributed by atoms with van der Waals surface area (Å²) in [5.74, 6) is 2.50. The Kier molecular flexibility index (Phi) is 4.95. The lowest BCUT2D eigenvalue weighted by molar-refractivity contribution is -0.104. The molecule has 94 valence electrons. The quantitative estimate of drug-likeness (QED) is 0.763. The fourth-order valence-corrected chi connectivity index (χ4v) is 3.96. The van der Waals surface area contributed by atoms with E-state index in [4.69, 9.17) is 9.47 Å². The highest BCUT2D eigenvalue weighted by molar-refractivity contribution is 7.99. The Hall–Kier alpha value is 0.230. The monoisotopic (exact) mass is 245 g/mol. The van der Waals surface area contributed by atoms with Gasteiger partial charge < -0.3 is 14.8 Å². The number of rotatable bonds is 4. The number of nitrogens with one attached hydrogen (secondary N) is 1. The molecular weight excluding hydrogens is 222 g/mol. The molecule has 1 atom stereocenters. The third kappa shape index (κ3) is 2.92. The van der Waals surface area contributed by atoms with E-state index in [-0.39, 0.29) is 5.60 Å². The molecule has 2 rings (SSSR count). The van der Waals surface area contributed by atoms with Crippen LogP contribution in [0.15, 0.2) is 0 Å². The van der Waals surface area contributed by atoms with E-state index in [0.29, 0.717) is 6.04 Å². The molecular formula is C12H23NO2S. The van der Waals surface area contributed by atoms with Crippen LogP contribution in [-0.4, -0.2) is 50.0 Å². The molecule has 16 heavy (non-hydrogen) atoms. The van der Waals surface area contributed by atoms with Gasteiger partial charge in [0.05, 0.1) is 12.2 Å². The van der Waals surface area contributed by atoms with Crippen LogP contribution in [0.5, 0.6) is 0 Å². The Bertz CT molecular complexity index is 199. The number of thioether (sulfide) groups is 1. The normalized spacial score (nSPS) is 29.4. The minimum absolute atomic E-state index is 0.136. The summed E-state index contributed by atoms with van der Waals surface area (Å²) in [7, 11) is 1.78. The second-order valence-electron chi connectivity index (χ2n) is 4.67. The van der Waals surface area contributed by atoms with Gasteiger partial charge in [0.2, 0.25) is 0 Å². The zero-order chi connectivity index (χ0) is 11.3. The van der Waals surface area contributed by atoms with Gasteiger partial charge in [0.1, 0.15) is 0 Å². The van der Waals surface area contributed by atoms with E-state index in [0.717, 1.165) is 26.2 Å². The van der Waals surface area contributed by atoms with Crippen LogP contribution in [0, 0.1) is 0 Å². The van der Waals surface area contributed by atoms with Gasteiger partial charge in [-0.2, -0.15) is 11.8 Å². The molecule has 0 aromatic carbocycles. The zero-order valence-corrected chi connectivity index (χ0v) is 11.0. The molecule has 2 aliphatic rings. The minimum Gasteiger partial charge on any atom is -0.385 e. The zero-order valence-electron chi connectivity index (χ0n) is 10.2. The highest BCUT2D eigenvalue weighted by Crippen LogP contribution is 2.36. The second kappa shape index (κ2) is 6.24. The van der Waals surface area contributed by atoms with Crippen LogP contribution < -0.4 is 5.32 Å². The number of hydrogen-bond acceptors (Lipinski definition) is 4. The summed E-state index contributed by atoms with van der Waals surface area (Å²) in [5.41, 5.74) is 0.136. The van der Waals surface area contributed by atoms with Crippen molar-refractivity contribution in [2.24, 2.45) is 0 Å². The maximum atomic E-state index is 6.13. The summed E-state index contributed by atoms with van der Waals surface area (Å²) in [4.78, 5) is 0. The van der Waals surface area contributed by atoms with E-state index < -0.39 is 0 Å². The molecule has 0 aromatic rings. The van der Waals surface area contributed by atoms with Gasteiger partial charge in [-0.05, 0) is 37.2 Å². The van der Waals surface area contributed by atoms with Crippen molar-refractivity contribution < 1.29 is 9.47 Å². The molecule has 0 bridgehead atoms. The van der Waals surface area contributed by atoms with Crippen molar-refractivity contribution in [1.82, 2.24) is 5.32 Å². The first kappa shape index (κ1) is 12.7. The molecule has 0 amide bonds. The Balaban J connectivity index is 1.90. The average Bonchev–Trinajstić information content (AvgIpc) is 2.33. The molecule has 0 aliphatic carbocycles. The minimum atomic E-state index is 0.136. The number of methoxy groups -OCH3 is 1. The molecule has 2 heterocycles. The van der Waals surface area contributed by atoms with Crippen LogP contribution in [0.2, 0.25) is 0 Å². The van der Waals surface area contributed by atoms with Gasteiger partial charge in [0.15, 0.2) is 0 Å². The lowest BCUT2D eigenvalue weighted by atomic mass is 9.84. The molecule has 4 heteroatoms. The lowest BCUT2D eigenvalue weighted by Crippen LogP contribution is -2.59. The molecule has 2 fully saturated rings. The summed E-state index contributed by atoms with van der Waals surface area (Å²) in [6.07, 6.45) is 4.73. The summed E-state index contributed by atoms with van der Waals surface area (Å²) < 4.78 is 11.3. The predicted molar refractivity (Wildman–Crippen MR) is 68.1 cm³/mol. The number of ether oxygens (including phenoxy) is 2. The van der Waals surface area contributed by atoms with Crippen molar-refractivity contribution in [2.75, 3.05) is 38.4 Å². The van der Waals surface area contributed by atoms with Gasteiger partial charge in [-0.15, -0.1) is 0 Å². The first-order chi connectivity index (χ1) is 7.87. The molecule has 1 unspecified atom stereocenters. The molecule has 1 N–H and O–H groups in total. The fraction of sp³-hybridized carbons (Fsp3) is 1.00. The molecule has 0 saturated carbocycles. The third-order valence-corrected chi connectivity index (χ3v) is 4.68. The molecule has 0 radical (unpaired) electrons. The molecule has 2 aliphatic heterocycles. The first-order valence-corrected chi connectivity index (χ1v) is 7.47. The average molecular weight is 245 g/mol. The maximum absolute atomic E-state index is 6.13. The Morgan fingerprint density at radius 1 is 1.44 bits per heavy atom. The Labute approximate surface area is 103 Å². The van der Waals surface area contributed by atoms with E-state index in [1.54, 1.807) is 7.11 Å². The van der Waals surface area contributed by atoms with E-state index in [1.807, 2.05) is 0 Å². The lowest BCUT2D eigenvalue weighted by Gasteiger charge is -2.47. The number of hydrogen-bond donors (Lipinski definition) is 1. The van der Waals surface area contributed by atoms with Crippen molar-refractivity contribution in [3.05, 3.63) is 0 Å². The first-order valence-electron chi connectivity index (χ1n) is 6.31. The highest BCUT2D eigenvalue weighted by atomic mass is 32.2. The van der Waals surface area contributed by atoms with Crippen LogP contribution >= 0.6 is 11.8 Å². The summed E-state index contributed by atoms with van der Waals surface area (Å²) in [6.45, 7) is 2.75. The fourth-order valence-electron chi connectivity index (χ4n) is 2.78. The topological polar surface area (TPSA) is 30.5 Å². The van der Waals surface area contributed by atoms with Crippen LogP contribution in [0.4, 0.5) is 0 Å². The van der Waals surface area contributed by atoms with Crippen molar-refractivity contribution in [3.8, 4) is 0 Å². The van der Waals surface area contributed by atoms with Gasteiger partial charge in [-0.25, -0.2) is 0 Å². The molecule has 3 nitrogen and oxygen atoms in total. The van der Waals surface area contributed by atoms with Crippen molar-refractivity contribution in [3.63, 3.8) is 0 Å². The summed E-state index contributed by atoms with van der Waals surface area (Å²) >= 11 is 2.06. The second-order valence-corrected chi connectivity index (χ2v) is 5.89. The summed E-state index contributed by atoms with van der Waals surface area (Å²) in [6, 6.07) is 0.539. The van der Waals surface area contributed by atoms with Gasteiger partial charge in [0, 0.05) is 26.3 Å². The third-order valence-electron chi connectivity index (χ3n) is 3.70. The van der Waals surface area contributed by atoms with E-state index in [9.17, 15) is 0 Å². The van der Waals surface area contributed by atoms with E-state index in [1.165, 1.54) is 30.8 Å². The molecule has 0 aromatic heterocycles. The van der Waals surface area contributed by atoms with Crippen molar-refractivity contribution in [2.45, 2.75) is 37.3 Å². The van der Waals surface area contributed by atoms with Crippen LogP contribution in [0.3, 0.4) is 0 Å². The summed E-state index contributed by atoms with van der Waals surface area (Å²) in [5, 5.41) is 3.65. The van der Waals surface area contributed by atoms with Gasteiger partial charge >= 0.3 is 0 Å². The van der Waals surface area contributed by atoms with Crippen LogP contribution in [0.25, 0.3) is 0 Å². The largest absolute Gasteiger partial charge is 0.385 e.